The highest BCUT2D eigenvalue weighted by Crippen LogP contribution is 2.22. The first-order valence-corrected chi connectivity index (χ1v) is 41.1. The third kappa shape index (κ3) is 42.1. The lowest BCUT2D eigenvalue weighted by atomic mass is 9.90. The van der Waals surface area contributed by atoms with Crippen LogP contribution in [0.25, 0.3) is 0 Å². The summed E-state index contributed by atoms with van der Waals surface area (Å²) >= 11 is 0. The molecule has 0 spiro atoms. The Kier molecular flexibility index (Phi) is 43.6. The number of rotatable bonds is 35. The Morgan fingerprint density at radius 2 is 1.01 bits per heavy atom. The Morgan fingerprint density at radius 1 is 0.529 bits per heavy atom. The molecule has 0 saturated carbocycles. The molecule has 2 aromatic rings. The minimum atomic E-state index is -1.77. The number of ether oxygens (including phenoxy) is 5. The molecule has 0 bridgehead atoms. The number of Topliss-reactive ketones (excluding diaryl/α,β-unsaturated/α-hetero) is 3. The summed E-state index contributed by atoms with van der Waals surface area (Å²) in [5.41, 5.74) is -2.99. The van der Waals surface area contributed by atoms with Crippen LogP contribution in [0.2, 0.25) is 0 Å². The molecule has 3 unspecified atom stereocenters. The molecule has 1 aliphatic rings. The minimum Gasteiger partial charge on any atom is -0.459 e. The molecule has 13 atom stereocenters. The van der Waals surface area contributed by atoms with Gasteiger partial charge in [0.25, 0.3) is 5.91 Å². The number of nitrogens with one attached hydrogen (secondary N) is 13. The van der Waals surface area contributed by atoms with Crippen LogP contribution in [0.4, 0.5) is 19.2 Å². The maximum absolute atomic E-state index is 15.4. The summed E-state index contributed by atoms with van der Waals surface area (Å²) < 4.78 is 27.3. The smallest absolute Gasteiger partial charge is 0.407 e. The average Bonchev–Trinajstić information content (AvgIpc) is 1.17. The fraction of sp³-hybridized carbons (Fsp3) is 0.679. The molecule has 0 aliphatic carbocycles. The van der Waals surface area contributed by atoms with E-state index in [1.807, 2.05) is 6.92 Å². The number of hydrogen-bond donors (Lipinski definition) is 15. The van der Waals surface area contributed by atoms with Crippen molar-refractivity contribution in [3.8, 4) is 0 Å². The van der Waals surface area contributed by atoms with Crippen LogP contribution in [0.3, 0.4) is 0 Å². The number of aliphatic hydroxyl groups is 2. The van der Waals surface area contributed by atoms with Crippen LogP contribution in [0, 0.1) is 23.7 Å². The fourth-order valence-corrected chi connectivity index (χ4v) is 12.4. The van der Waals surface area contributed by atoms with E-state index in [0.29, 0.717) is 12.0 Å². The van der Waals surface area contributed by atoms with Gasteiger partial charge < -0.3 is 103 Å². The van der Waals surface area contributed by atoms with Crippen LogP contribution >= 0.6 is 0 Å². The Morgan fingerprint density at radius 3 is 1.52 bits per heavy atom. The van der Waals surface area contributed by atoms with Crippen molar-refractivity contribution in [1.29, 1.82) is 0 Å². The van der Waals surface area contributed by atoms with Crippen LogP contribution in [-0.2, 0) is 73.3 Å². The molecule has 668 valence electrons. The van der Waals surface area contributed by atoms with Gasteiger partial charge in [-0.3, -0.25) is 47.9 Å². The van der Waals surface area contributed by atoms with E-state index in [9.17, 15) is 67.7 Å². The molecule has 1 fully saturated rings. The van der Waals surface area contributed by atoms with Crippen LogP contribution < -0.4 is 69.1 Å². The lowest BCUT2D eigenvalue weighted by Crippen LogP contribution is -2.58. The molecule has 3 rings (SSSR count). The number of carbonyl (C=O) groups is 15. The van der Waals surface area contributed by atoms with Crippen molar-refractivity contribution in [1.82, 2.24) is 69.1 Å². The first kappa shape index (κ1) is 103. The van der Waals surface area contributed by atoms with E-state index in [0.717, 1.165) is 6.42 Å². The molecule has 119 heavy (non-hydrogen) atoms. The molecule has 15 N–H and O–H groups in total. The maximum Gasteiger partial charge on any atom is 0.407 e. The van der Waals surface area contributed by atoms with Crippen LogP contribution in [-0.4, -0.2) is 235 Å². The predicted molar refractivity (Wildman–Crippen MR) is 443 cm³/mol. The number of aliphatic hydroxyl groups excluding tert-OH is 2. The zero-order valence-corrected chi connectivity index (χ0v) is 73.0. The molecule has 35 heteroatoms. The summed E-state index contributed by atoms with van der Waals surface area (Å²) in [5.74, 6) is -13.3. The summed E-state index contributed by atoms with van der Waals surface area (Å²) in [6.07, 6.45) is -9.06. The second kappa shape index (κ2) is 50.3. The van der Waals surface area contributed by atoms with Crippen molar-refractivity contribution in [2.75, 3.05) is 52.9 Å². The average molecular weight is 1680 g/mol. The van der Waals surface area contributed by atoms with Gasteiger partial charge in [-0.1, -0.05) is 57.5 Å². The van der Waals surface area contributed by atoms with Gasteiger partial charge >= 0.3 is 30.3 Å². The van der Waals surface area contributed by atoms with Gasteiger partial charge in [0, 0.05) is 69.9 Å². The summed E-state index contributed by atoms with van der Waals surface area (Å²) in [7, 11) is 1.62. The Labute approximate surface area is 699 Å². The first-order chi connectivity index (χ1) is 55.5. The molecule has 0 aromatic heterocycles. The van der Waals surface area contributed by atoms with E-state index < -0.39 is 203 Å². The molecular formula is C84H135N13O22. The van der Waals surface area contributed by atoms with Gasteiger partial charge in [0.05, 0.1) is 54.0 Å². The van der Waals surface area contributed by atoms with E-state index in [-0.39, 0.29) is 120 Å². The number of amides is 11. The van der Waals surface area contributed by atoms with Gasteiger partial charge in [-0.05, 0) is 217 Å². The van der Waals surface area contributed by atoms with E-state index in [1.165, 1.54) is 38.1 Å². The van der Waals surface area contributed by atoms with Gasteiger partial charge in [0.15, 0.2) is 17.3 Å². The molecule has 2 aromatic carbocycles. The first-order valence-electron chi connectivity index (χ1n) is 41.1. The highest BCUT2D eigenvalue weighted by molar-refractivity contribution is 6.01. The summed E-state index contributed by atoms with van der Waals surface area (Å²) in [6.45, 7) is 27.7. The number of benzene rings is 2. The molecule has 1 heterocycles. The number of alkyl carbamates (subject to hydrolysis) is 4. The number of carbonyl (C=O) groups excluding carboxylic acids is 15. The SMILES string of the molecule is CCCC(C)OC(=O)c1ccc(C(=O)N[C@@H](CCNC)C(=O)C[C@H](C(=O)N[C@@H](CCNC(=O)OC(C)(C)C)C(=O)C[C@H]2CCNC(=O)[C@H](C(C)O)NC(=O)[C@H](CCNC(=O)OC(C)(C)C)CC(=O)[C@H](CCNC(=O)OC(C)(C)C)NC(=O)[C@H](CC(C)C)NC(=O)[C@@H](Cc3ccccc3)NC(=O)[C@H](CCNC(=O)OC(C)(C)C)NC2)C(C)O)cc1. The molecule has 1 aliphatic heterocycles. The summed E-state index contributed by atoms with van der Waals surface area (Å²) in [5, 5.41) is 58.2. The highest BCUT2D eigenvalue weighted by atomic mass is 16.6. The largest absolute Gasteiger partial charge is 0.459 e. The fourth-order valence-electron chi connectivity index (χ4n) is 12.4. The Bertz CT molecular complexity index is 3660. The van der Waals surface area contributed by atoms with Gasteiger partial charge in [0.2, 0.25) is 35.4 Å². The third-order valence-corrected chi connectivity index (χ3v) is 18.4. The number of esters is 1. The quantitative estimate of drug-likeness (QED) is 0.0316. The van der Waals surface area contributed by atoms with Crippen LogP contribution in [0.5, 0.6) is 0 Å². The Hall–Kier alpha value is -9.87. The minimum absolute atomic E-state index is 0.0157. The molecule has 35 nitrogen and oxygen atoms in total. The zero-order valence-electron chi connectivity index (χ0n) is 73.0. The molecule has 0 radical (unpaired) electrons. The van der Waals surface area contributed by atoms with Crippen LogP contribution in [0.1, 0.15) is 228 Å². The van der Waals surface area contributed by atoms with Gasteiger partial charge in [-0.2, -0.15) is 0 Å². The normalized spacial score (nSPS) is 20.1. The lowest BCUT2D eigenvalue weighted by Gasteiger charge is -2.29. The van der Waals surface area contributed by atoms with Crippen molar-refractivity contribution in [3.63, 3.8) is 0 Å². The van der Waals surface area contributed by atoms with Crippen molar-refractivity contribution in [2.24, 2.45) is 23.7 Å². The zero-order chi connectivity index (χ0) is 89.7. The van der Waals surface area contributed by atoms with E-state index in [1.54, 1.807) is 141 Å². The van der Waals surface area contributed by atoms with Gasteiger partial charge in [-0.15, -0.1) is 0 Å². The lowest BCUT2D eigenvalue weighted by molar-refractivity contribution is -0.136. The second-order valence-corrected chi connectivity index (χ2v) is 34.6. The second-order valence-electron chi connectivity index (χ2n) is 34.6. The van der Waals surface area contributed by atoms with Crippen molar-refractivity contribution < 1.29 is 106 Å². The summed E-state index contributed by atoms with van der Waals surface area (Å²) in [6, 6.07) is 3.79. The van der Waals surface area contributed by atoms with Crippen LogP contribution in [0.15, 0.2) is 54.6 Å². The van der Waals surface area contributed by atoms with Gasteiger partial charge in [0.1, 0.15) is 40.5 Å². The molecular weight excluding hydrogens is 1540 g/mol. The highest BCUT2D eigenvalue weighted by Gasteiger charge is 2.39. The van der Waals surface area contributed by atoms with E-state index >= 15 is 14.4 Å². The number of ketones is 3. The monoisotopic (exact) mass is 1680 g/mol. The van der Waals surface area contributed by atoms with Crippen molar-refractivity contribution >= 4 is 89.0 Å². The third-order valence-electron chi connectivity index (χ3n) is 18.4. The van der Waals surface area contributed by atoms with E-state index in [2.05, 4.69) is 69.1 Å². The van der Waals surface area contributed by atoms with Crippen molar-refractivity contribution in [3.05, 3.63) is 71.3 Å². The molecule has 1 saturated heterocycles. The topological polar surface area (TPSA) is 499 Å². The van der Waals surface area contributed by atoms with E-state index in [4.69, 9.17) is 23.7 Å². The van der Waals surface area contributed by atoms with Crippen molar-refractivity contribution in [2.45, 2.75) is 291 Å². The van der Waals surface area contributed by atoms with Gasteiger partial charge in [-0.25, -0.2) is 24.0 Å². The summed E-state index contributed by atoms with van der Waals surface area (Å²) in [4.78, 5) is 213. The molecule has 11 amide bonds. The maximum atomic E-state index is 15.4. The predicted octanol–water partition coefficient (Wildman–Crippen LogP) is 5.08. The standard InChI is InChI=1S/C84H135N13O22/c1-20-24-50(4)115-76(110)56-29-27-55(28-30-56)69(103)92-59(33-37-85-19)67(102)47-58(51(5)98)71(105)93-60(34-40-88-78(112)117-82(10,11)12)65(100)45-54-31-38-86-75(109)68(52(6)99)97-70(104)57(32-39-87-77(111)116-81(7,8)9)46-66(101)61(35-41-89-79(113)118-83(13,14)15)94-73(107)63(43-49(2)3)95-74(108)64(44-53-25-22-21-23-26-53)96-72(106)62(91-48-54)36-42-90-80(114)119-84(16,17)18/h21-23,25-30,49-52,54,57-64,68,85,91,98-99H,20,24,31-48H2,1-19H3,(H,86,109)(H,87,111)(H,88,112)(H,89,113)(H,90,114)(H,92,103)(H,93,105)(H,94,107)(H,95,108)(H,96,106)(H,97,104)/t50?,51?,52?,54-,57-,58+,59+,60+,61+,62+,63+,64-,68+/m1/s1. The number of hydrogen-bond acceptors (Lipinski definition) is 24. The Balaban J connectivity index is 2.33.